The Kier molecular flexibility index (Phi) is 40.2. The molecule has 0 unspecified atom stereocenters. The SMILES string of the molecule is C=Cc1cccc([C@@H](C)NC(=O)OC(C)(C)C)c1.C=[CH][Sn]([CH2]CCC)([CH2]CCC)[CH2]CCC.C[C@@H](NC(=O)OC(C)(C)C)c1cccc(Br)c1.[Cl][Pd][Cl].c1ccc(P(c2ccccc2)c2ccccc2)cc1.c1ccc(P(c2ccccc2)c2ccccc2)cc1. The number of hydrogen-bond donors (Lipinski definition) is 2. The fourth-order valence-corrected chi connectivity index (χ4v) is 27.5. The van der Waals surface area contributed by atoms with Crippen LogP contribution in [0.1, 0.15) is 143 Å². The minimum atomic E-state index is -1.85. The predicted molar refractivity (Wildman–Crippen MR) is 403 cm³/mol. The third-order valence-electron chi connectivity index (χ3n) is 14.1. The van der Waals surface area contributed by atoms with Crippen LogP contribution in [0.4, 0.5) is 9.59 Å². The molecule has 0 saturated heterocycles. The molecule has 8 aromatic carbocycles. The number of amides is 2. The van der Waals surface area contributed by atoms with Crippen molar-refractivity contribution in [3.63, 3.8) is 0 Å². The number of rotatable bonds is 21. The quantitative estimate of drug-likeness (QED) is 0.0555. The molecule has 0 heterocycles. The van der Waals surface area contributed by atoms with Crippen LogP contribution < -0.4 is 42.5 Å². The topological polar surface area (TPSA) is 76.7 Å². The average molecular weight is 1570 g/mol. The van der Waals surface area contributed by atoms with Gasteiger partial charge in [-0.15, -0.1) is 0 Å². The molecule has 6 nitrogen and oxygen atoms in total. The zero-order valence-corrected chi connectivity index (χ0v) is 64.8. The summed E-state index contributed by atoms with van der Waals surface area (Å²) in [5.41, 5.74) is 2.14. The van der Waals surface area contributed by atoms with Crippen LogP contribution in [-0.2, 0) is 25.4 Å². The molecule has 13 heteroatoms. The first-order valence-corrected chi connectivity index (χ1v) is 46.7. The van der Waals surface area contributed by atoms with Gasteiger partial charge in [0.2, 0.25) is 0 Å². The first kappa shape index (κ1) is 80.4. The summed E-state index contributed by atoms with van der Waals surface area (Å²) in [6, 6.07) is 80.2. The fraction of sp³-hybridized carbons (Fsp3) is 0.308. The molecule has 0 spiro atoms. The van der Waals surface area contributed by atoms with Crippen molar-refractivity contribution in [2.45, 2.75) is 151 Å². The molecule has 0 aliphatic rings. The second kappa shape index (κ2) is 45.5. The Morgan fingerprint density at radius 2 is 0.758 bits per heavy atom. The van der Waals surface area contributed by atoms with Crippen LogP contribution in [0.25, 0.3) is 6.08 Å². The Labute approximate surface area is 579 Å². The first-order valence-electron chi connectivity index (χ1n) is 31.5. The number of ether oxygens (including phenoxy) is 2. The van der Waals surface area contributed by atoms with E-state index in [0.29, 0.717) is 0 Å². The van der Waals surface area contributed by atoms with E-state index in [0.717, 1.165) is 21.2 Å². The Bertz CT molecular complexity index is 2910. The molecular formula is C78H99BrCl2N2O4P2PdSn. The van der Waals surface area contributed by atoms with Crippen LogP contribution >= 0.6 is 50.8 Å². The third-order valence-corrected chi connectivity index (χ3v) is 33.5. The van der Waals surface area contributed by atoms with Crippen molar-refractivity contribution < 1.29 is 35.0 Å². The van der Waals surface area contributed by atoms with Crippen molar-refractivity contribution in [1.82, 2.24) is 10.6 Å². The minimum absolute atomic E-state index is 0.0812. The number of benzene rings is 8. The van der Waals surface area contributed by atoms with Gasteiger partial charge in [-0.25, -0.2) is 9.59 Å². The number of nitrogens with one attached hydrogen (secondary N) is 2. The van der Waals surface area contributed by atoms with Gasteiger partial charge < -0.3 is 20.1 Å². The largest absolute Gasteiger partial charge is 0.0622 e. The van der Waals surface area contributed by atoms with Gasteiger partial charge in [-0.2, -0.15) is 0 Å². The third kappa shape index (κ3) is 33.2. The molecule has 8 rings (SSSR count). The molecule has 0 fully saturated rings. The average Bonchev–Trinajstić information content (AvgIpc) is 1.06. The van der Waals surface area contributed by atoms with Gasteiger partial charge in [-0.05, 0) is 138 Å². The van der Waals surface area contributed by atoms with E-state index in [2.05, 4.69) is 247 Å². The zero-order chi connectivity index (χ0) is 66.9. The molecule has 2 atom stereocenters. The van der Waals surface area contributed by atoms with Crippen molar-refractivity contribution >= 4 is 119 Å². The fourth-order valence-electron chi connectivity index (χ4n) is 9.49. The molecule has 0 bridgehead atoms. The summed E-state index contributed by atoms with van der Waals surface area (Å²) in [7, 11) is 8.74. The van der Waals surface area contributed by atoms with Crippen LogP contribution in [0.5, 0.6) is 0 Å². The molecule has 2 N–H and O–H groups in total. The Morgan fingerprint density at radius 3 is 1.00 bits per heavy atom. The Morgan fingerprint density at radius 1 is 0.484 bits per heavy atom. The summed E-state index contributed by atoms with van der Waals surface area (Å²) < 4.78 is 18.6. The number of carbonyl (C=O) groups excluding carboxylic acids is 2. The van der Waals surface area contributed by atoms with Crippen LogP contribution in [0.2, 0.25) is 13.3 Å². The number of hydrogen-bond acceptors (Lipinski definition) is 4. The van der Waals surface area contributed by atoms with Gasteiger partial charge in [-0.1, -0.05) is 241 Å². The van der Waals surface area contributed by atoms with E-state index in [1.165, 1.54) is 70.4 Å². The molecule has 8 aromatic rings. The van der Waals surface area contributed by atoms with Crippen molar-refractivity contribution in [2.75, 3.05) is 0 Å². The van der Waals surface area contributed by atoms with Crippen LogP contribution in [0.15, 0.2) is 252 Å². The van der Waals surface area contributed by atoms with E-state index in [9.17, 15) is 9.59 Å². The monoisotopic (exact) mass is 1560 g/mol. The van der Waals surface area contributed by atoms with Crippen molar-refractivity contribution in [2.24, 2.45) is 0 Å². The predicted octanol–water partition coefficient (Wildman–Crippen LogP) is 21.8. The summed E-state index contributed by atoms with van der Waals surface area (Å²) in [4.78, 5) is 23.2. The van der Waals surface area contributed by atoms with E-state index in [1.807, 2.05) is 104 Å². The van der Waals surface area contributed by atoms with Crippen molar-refractivity contribution in [1.29, 1.82) is 0 Å². The summed E-state index contributed by atoms with van der Waals surface area (Å²) >= 11 is 1.44. The normalized spacial score (nSPS) is 11.5. The van der Waals surface area contributed by atoms with Crippen molar-refractivity contribution in [3.05, 3.63) is 269 Å². The molecule has 490 valence electrons. The Balaban J connectivity index is 0.000000294. The first-order chi connectivity index (χ1) is 43.6. The molecule has 2 amide bonds. The zero-order valence-electron chi connectivity index (χ0n) is 55.5. The molecule has 91 heavy (non-hydrogen) atoms. The Hall–Kier alpha value is -4.84. The van der Waals surface area contributed by atoms with Gasteiger partial charge in [0, 0.05) is 4.47 Å². The maximum Gasteiger partial charge on any atom is -0.0134 e. The molecular weight excluding hydrogens is 1470 g/mol. The smallest absolute Gasteiger partial charge is 0.0134 e. The van der Waals surface area contributed by atoms with E-state index >= 15 is 0 Å². The molecule has 0 saturated carbocycles. The van der Waals surface area contributed by atoms with Gasteiger partial charge >= 0.3 is 149 Å². The van der Waals surface area contributed by atoms with Gasteiger partial charge in [0.15, 0.2) is 0 Å². The molecule has 0 radical (unpaired) electrons. The minimum Gasteiger partial charge on any atom is -0.0622 e. The number of alkyl carbamates (subject to hydrolysis) is 2. The molecule has 0 aliphatic heterocycles. The number of halogens is 3. The molecule has 0 aromatic heterocycles. The van der Waals surface area contributed by atoms with E-state index < -0.39 is 57.6 Å². The van der Waals surface area contributed by atoms with E-state index in [1.54, 1.807) is 19.4 Å². The van der Waals surface area contributed by atoms with E-state index in [4.69, 9.17) is 28.5 Å². The van der Waals surface area contributed by atoms with Crippen LogP contribution in [0, 0.1) is 0 Å². The standard InChI is InChI=1S/2C18H15P.C15H21NO2.C13H18BrNO2.3C4H9.C2H3.2ClH.Pd.Sn/c2*1-4-10-16(11-5-1)19(17-12-6-2-7-13-17)18-14-8-3-9-15-18;1-6-12-8-7-9-13(10-12)11(2)16-14(17)18-15(3,4)5;1-9(10-6-5-7-11(14)8-10)15-12(16)17-13(2,3)4;3*1-3-4-2;1-2;;;;/h2*1-15H;6-11H,1H2,2-5H3,(H,16,17);5-9H,1-4H3,(H,15,16);3*1,3-4H2,2H3;1H,2H2;2*1H;;/q;;;;;;;;;;+2;/p-2/t;;11-;9-;;;;;;;;/m..11......../s1. The summed E-state index contributed by atoms with van der Waals surface area (Å²) in [6.45, 7) is 29.8. The summed E-state index contributed by atoms with van der Waals surface area (Å²) in [5.74, 6) is 0. The summed E-state index contributed by atoms with van der Waals surface area (Å²) in [6.07, 6.45) is 9.44. The van der Waals surface area contributed by atoms with Gasteiger partial charge in [0.05, 0.1) is 12.1 Å². The second-order valence-electron chi connectivity index (χ2n) is 23.8. The maximum absolute atomic E-state index is 11.6. The summed E-state index contributed by atoms with van der Waals surface area (Å²) in [5, 5.41) is 14.0. The van der Waals surface area contributed by atoms with Gasteiger partial charge in [0.25, 0.3) is 0 Å². The number of unbranched alkanes of at least 4 members (excludes halogenated alkanes) is 3. The second-order valence-corrected chi connectivity index (χ2v) is 44.7. The molecule has 0 aliphatic carbocycles. The maximum atomic E-state index is 11.6. The van der Waals surface area contributed by atoms with E-state index in [-0.39, 0.29) is 28.0 Å². The van der Waals surface area contributed by atoms with Crippen LogP contribution in [-0.4, -0.2) is 41.8 Å². The van der Waals surface area contributed by atoms with Gasteiger partial charge in [0.1, 0.15) is 11.2 Å². The van der Waals surface area contributed by atoms with Crippen molar-refractivity contribution in [3.8, 4) is 0 Å². The van der Waals surface area contributed by atoms with Gasteiger partial charge in [-0.3, -0.25) is 0 Å². The van der Waals surface area contributed by atoms with Crippen LogP contribution in [0.3, 0.4) is 0 Å². The number of carbonyl (C=O) groups is 2.